The fourth-order valence-electron chi connectivity index (χ4n) is 2.47. The van der Waals surface area contributed by atoms with Gasteiger partial charge in [0.1, 0.15) is 11.4 Å². The third-order valence-electron chi connectivity index (χ3n) is 3.58. The highest BCUT2D eigenvalue weighted by Gasteiger charge is 2.20. The maximum atomic E-state index is 13.7. The minimum Gasteiger partial charge on any atom is -0.462 e. The molecule has 0 unspecified atom stereocenters. The van der Waals surface area contributed by atoms with Crippen LogP contribution in [0.1, 0.15) is 22.8 Å². The Morgan fingerprint density at radius 1 is 1.38 bits per heavy atom. The highest BCUT2D eigenvalue weighted by atomic mass is 19.1. The molecule has 3 aromatic rings. The van der Waals surface area contributed by atoms with Crippen LogP contribution in [0.2, 0.25) is 0 Å². The van der Waals surface area contributed by atoms with Gasteiger partial charge in [-0.2, -0.15) is 0 Å². The molecule has 0 spiro atoms. The largest absolute Gasteiger partial charge is 0.462 e. The number of benzene rings is 1. The second-order valence-electron chi connectivity index (χ2n) is 5.20. The molecule has 6 heteroatoms. The van der Waals surface area contributed by atoms with Crippen molar-refractivity contribution in [1.29, 1.82) is 0 Å². The Kier molecular flexibility index (Phi) is 4.65. The van der Waals surface area contributed by atoms with Crippen LogP contribution in [0.25, 0.3) is 10.9 Å². The number of fused-ring (bicyclic) bond motifs is 1. The number of aromatic nitrogens is 2. The number of carbonyl (C=O) groups is 1. The summed E-state index contributed by atoms with van der Waals surface area (Å²) in [5.41, 5.74) is 2.53. The van der Waals surface area contributed by atoms with Crippen LogP contribution in [0.3, 0.4) is 0 Å². The molecule has 122 valence electrons. The van der Waals surface area contributed by atoms with Crippen molar-refractivity contribution in [2.75, 3.05) is 11.9 Å². The minimum atomic E-state index is -0.464. The van der Waals surface area contributed by atoms with Crippen molar-refractivity contribution in [2.45, 2.75) is 13.5 Å². The Morgan fingerprint density at radius 3 is 3.00 bits per heavy atom. The SMILES string of the molecule is CCOC(=O)c1c[nH+]c2ccc(F)cc2c1NCc1cccnc1. The van der Waals surface area contributed by atoms with Crippen LogP contribution in [0.15, 0.2) is 48.9 Å². The van der Waals surface area contributed by atoms with Crippen molar-refractivity contribution in [1.82, 2.24) is 4.98 Å². The Bertz CT molecular complexity index is 869. The maximum Gasteiger partial charge on any atom is 0.346 e. The van der Waals surface area contributed by atoms with Gasteiger partial charge in [0.15, 0.2) is 6.20 Å². The van der Waals surface area contributed by atoms with E-state index in [9.17, 15) is 9.18 Å². The maximum absolute atomic E-state index is 13.7. The second kappa shape index (κ2) is 7.04. The molecule has 0 radical (unpaired) electrons. The summed E-state index contributed by atoms with van der Waals surface area (Å²) in [6, 6.07) is 8.14. The second-order valence-corrected chi connectivity index (χ2v) is 5.20. The number of H-pyrrole nitrogens is 1. The van der Waals surface area contributed by atoms with Gasteiger partial charge in [0.25, 0.3) is 0 Å². The van der Waals surface area contributed by atoms with E-state index in [2.05, 4.69) is 15.3 Å². The fraction of sp³-hybridized carbons (Fsp3) is 0.167. The number of esters is 1. The third kappa shape index (κ3) is 3.32. The van der Waals surface area contributed by atoms with Gasteiger partial charge >= 0.3 is 5.97 Å². The smallest absolute Gasteiger partial charge is 0.346 e. The summed E-state index contributed by atoms with van der Waals surface area (Å²) in [6.07, 6.45) is 4.99. The lowest BCUT2D eigenvalue weighted by atomic mass is 10.1. The molecular weight excluding hydrogens is 309 g/mol. The van der Waals surface area contributed by atoms with Crippen molar-refractivity contribution in [3.8, 4) is 0 Å². The van der Waals surface area contributed by atoms with Gasteiger partial charge in [-0.15, -0.1) is 0 Å². The van der Waals surface area contributed by atoms with E-state index in [0.29, 0.717) is 23.2 Å². The first-order valence-electron chi connectivity index (χ1n) is 7.63. The predicted molar refractivity (Wildman–Crippen MR) is 88.0 cm³/mol. The summed E-state index contributed by atoms with van der Waals surface area (Å²) in [6.45, 7) is 2.46. The summed E-state index contributed by atoms with van der Waals surface area (Å²) >= 11 is 0. The number of anilines is 1. The molecule has 3 rings (SSSR count). The Labute approximate surface area is 138 Å². The molecule has 0 aliphatic rings. The number of rotatable bonds is 5. The Hall–Kier alpha value is -3.02. The summed E-state index contributed by atoms with van der Waals surface area (Å²) in [5.74, 6) is -0.838. The van der Waals surface area contributed by atoms with E-state index in [1.165, 1.54) is 12.1 Å². The number of hydrogen-bond donors (Lipinski definition) is 1. The number of ether oxygens (including phenoxy) is 1. The Balaban J connectivity index is 2.04. The molecule has 0 fully saturated rings. The summed E-state index contributed by atoms with van der Waals surface area (Å²) < 4.78 is 18.8. The first kappa shape index (κ1) is 15.9. The quantitative estimate of drug-likeness (QED) is 0.732. The average molecular weight is 326 g/mol. The van der Waals surface area contributed by atoms with E-state index in [1.807, 2.05) is 12.1 Å². The lowest BCUT2D eigenvalue weighted by Crippen LogP contribution is -2.16. The minimum absolute atomic E-state index is 0.266. The zero-order valence-corrected chi connectivity index (χ0v) is 13.2. The molecule has 2 aromatic heterocycles. The molecule has 0 saturated heterocycles. The monoisotopic (exact) mass is 326 g/mol. The van der Waals surface area contributed by atoms with Gasteiger partial charge in [0, 0.05) is 25.0 Å². The zero-order valence-electron chi connectivity index (χ0n) is 13.2. The average Bonchev–Trinajstić information content (AvgIpc) is 2.60. The number of hydrogen-bond acceptors (Lipinski definition) is 4. The summed E-state index contributed by atoms with van der Waals surface area (Å²) in [5, 5.41) is 3.80. The van der Waals surface area contributed by atoms with Crippen LogP contribution in [0.5, 0.6) is 0 Å². The van der Waals surface area contributed by atoms with Crippen LogP contribution in [-0.2, 0) is 11.3 Å². The number of nitrogens with zero attached hydrogens (tertiary/aromatic N) is 1. The van der Waals surface area contributed by atoms with Gasteiger partial charge in [-0.3, -0.25) is 4.98 Å². The highest BCUT2D eigenvalue weighted by molar-refractivity contribution is 6.03. The Morgan fingerprint density at radius 2 is 2.25 bits per heavy atom. The van der Waals surface area contributed by atoms with E-state index < -0.39 is 5.97 Å². The number of pyridine rings is 2. The lowest BCUT2D eigenvalue weighted by molar-refractivity contribution is -0.344. The molecule has 0 atom stereocenters. The molecule has 24 heavy (non-hydrogen) atoms. The van der Waals surface area contributed by atoms with Crippen molar-refractivity contribution in [3.63, 3.8) is 0 Å². The van der Waals surface area contributed by atoms with Crippen molar-refractivity contribution in [3.05, 3.63) is 65.9 Å². The van der Waals surface area contributed by atoms with E-state index >= 15 is 0 Å². The van der Waals surface area contributed by atoms with Crippen LogP contribution in [0.4, 0.5) is 10.1 Å². The molecule has 0 aliphatic carbocycles. The van der Waals surface area contributed by atoms with Crippen LogP contribution in [-0.4, -0.2) is 17.6 Å². The first-order chi connectivity index (χ1) is 11.7. The van der Waals surface area contributed by atoms with E-state index in [0.717, 1.165) is 11.1 Å². The van der Waals surface area contributed by atoms with Gasteiger partial charge in [-0.1, -0.05) is 6.07 Å². The number of carbonyl (C=O) groups excluding carboxylic acids is 1. The zero-order chi connectivity index (χ0) is 16.9. The van der Waals surface area contributed by atoms with E-state index in [4.69, 9.17) is 4.74 Å². The molecule has 0 amide bonds. The first-order valence-corrected chi connectivity index (χ1v) is 7.63. The highest BCUT2D eigenvalue weighted by Crippen LogP contribution is 2.26. The predicted octanol–water partition coefficient (Wildman–Crippen LogP) is 2.98. The standard InChI is InChI=1S/C18H16FN3O2/c1-2-24-18(23)15-11-21-16-6-5-13(19)8-14(16)17(15)22-10-12-4-3-7-20-9-12/h3-9,11H,2,10H2,1H3,(H,21,22)/p+1. The van der Waals surface area contributed by atoms with E-state index in [-0.39, 0.29) is 12.4 Å². The van der Waals surface area contributed by atoms with Crippen molar-refractivity contribution < 1.29 is 18.9 Å². The normalized spacial score (nSPS) is 10.6. The molecule has 0 bridgehead atoms. The van der Waals surface area contributed by atoms with Crippen LogP contribution in [0, 0.1) is 5.82 Å². The lowest BCUT2D eigenvalue weighted by Gasteiger charge is -2.12. The summed E-state index contributed by atoms with van der Waals surface area (Å²) in [4.78, 5) is 19.3. The number of halogens is 1. The molecule has 1 aromatic carbocycles. The van der Waals surface area contributed by atoms with Gasteiger partial charge in [-0.05, 0) is 30.7 Å². The molecular formula is C18H17FN3O2+. The van der Waals surface area contributed by atoms with Gasteiger partial charge < -0.3 is 10.1 Å². The van der Waals surface area contributed by atoms with Crippen molar-refractivity contribution in [2.24, 2.45) is 0 Å². The van der Waals surface area contributed by atoms with E-state index in [1.54, 1.807) is 31.6 Å². The molecule has 0 aliphatic heterocycles. The number of aromatic amines is 1. The van der Waals surface area contributed by atoms with Gasteiger partial charge in [-0.25, -0.2) is 14.2 Å². The van der Waals surface area contributed by atoms with Crippen LogP contribution < -0.4 is 10.3 Å². The topological polar surface area (TPSA) is 65.4 Å². The van der Waals surface area contributed by atoms with Gasteiger partial charge in [0.05, 0.1) is 17.7 Å². The molecule has 0 saturated carbocycles. The molecule has 2 N–H and O–H groups in total. The van der Waals surface area contributed by atoms with Crippen LogP contribution >= 0.6 is 0 Å². The molecule has 5 nitrogen and oxygen atoms in total. The number of nitrogens with one attached hydrogen (secondary N) is 2. The fourth-order valence-corrected chi connectivity index (χ4v) is 2.47. The molecule has 2 heterocycles. The van der Waals surface area contributed by atoms with Crippen molar-refractivity contribution >= 4 is 22.6 Å². The third-order valence-corrected chi connectivity index (χ3v) is 3.58. The van der Waals surface area contributed by atoms with Gasteiger partial charge in [0.2, 0.25) is 5.52 Å². The summed E-state index contributed by atoms with van der Waals surface area (Å²) in [7, 11) is 0.